The molecule has 0 heterocycles. The number of carboxylic acids is 1. The van der Waals surface area contributed by atoms with Gasteiger partial charge in [0.2, 0.25) is 5.91 Å². The zero-order valence-corrected chi connectivity index (χ0v) is 34.5. The Balaban J connectivity index is 1.54. The van der Waals surface area contributed by atoms with Crippen molar-refractivity contribution in [3.05, 3.63) is 24.3 Å². The minimum absolute atomic E-state index is 0.0370. The van der Waals surface area contributed by atoms with Crippen LogP contribution in [0.5, 0.6) is 0 Å². The summed E-state index contributed by atoms with van der Waals surface area (Å²) in [5.41, 5.74) is 0.0641. The third kappa shape index (κ3) is 18.3. The fraction of sp³-hybridized carbons (Fsp3) is 0.867. The highest BCUT2D eigenvalue weighted by molar-refractivity contribution is 6.21. The van der Waals surface area contributed by atoms with Crippen molar-refractivity contribution < 1.29 is 24.9 Å². The van der Waals surface area contributed by atoms with Gasteiger partial charge in [-0.2, -0.15) is 0 Å². The van der Waals surface area contributed by atoms with Crippen LogP contribution >= 0.6 is 11.6 Å². The van der Waals surface area contributed by atoms with Crippen LogP contribution in [0, 0.1) is 23.2 Å². The second-order valence-electron chi connectivity index (χ2n) is 16.7. The lowest BCUT2D eigenvalue weighted by Crippen LogP contribution is -2.40. The van der Waals surface area contributed by atoms with Gasteiger partial charge < -0.3 is 20.2 Å². The first kappa shape index (κ1) is 46.8. The molecule has 2 aliphatic rings. The highest BCUT2D eigenvalue weighted by atomic mass is 35.5. The van der Waals surface area contributed by atoms with Crippen molar-refractivity contribution >= 4 is 23.5 Å². The van der Waals surface area contributed by atoms with Gasteiger partial charge in [0, 0.05) is 31.3 Å². The van der Waals surface area contributed by atoms with E-state index in [2.05, 4.69) is 26.0 Å². The quantitative estimate of drug-likeness (QED) is 0.0361. The van der Waals surface area contributed by atoms with E-state index < -0.39 is 18.0 Å². The number of allylic oxidation sites excluding steroid dienone is 2. The van der Waals surface area contributed by atoms with Gasteiger partial charge in [-0.05, 0) is 69.1 Å². The summed E-state index contributed by atoms with van der Waals surface area (Å²) < 4.78 is 0. The van der Waals surface area contributed by atoms with Crippen LogP contribution < -0.4 is 0 Å². The van der Waals surface area contributed by atoms with Crippen LogP contribution in [0.25, 0.3) is 0 Å². The molecule has 7 heteroatoms. The Morgan fingerprint density at radius 1 is 0.827 bits per heavy atom. The average Bonchev–Trinajstić information content (AvgIpc) is 3.37. The molecule has 52 heavy (non-hydrogen) atoms. The number of carbonyl (C=O) groups excluding carboxylic acids is 1. The van der Waals surface area contributed by atoms with Gasteiger partial charge in [0.05, 0.1) is 18.1 Å². The molecule has 1 unspecified atom stereocenters. The predicted octanol–water partition coefficient (Wildman–Crippen LogP) is 11.8. The van der Waals surface area contributed by atoms with Crippen LogP contribution in [-0.4, -0.2) is 63.3 Å². The largest absolute Gasteiger partial charge is 0.481 e. The first-order chi connectivity index (χ1) is 25.1. The predicted molar refractivity (Wildman–Crippen MR) is 219 cm³/mol. The Labute approximate surface area is 324 Å². The first-order valence-corrected chi connectivity index (χ1v) is 22.4. The maximum atomic E-state index is 12.8. The molecule has 2 fully saturated rings. The molecule has 0 bridgehead atoms. The molecule has 0 saturated heterocycles. The van der Waals surface area contributed by atoms with Gasteiger partial charge in [-0.15, -0.1) is 11.6 Å². The van der Waals surface area contributed by atoms with Crippen LogP contribution in [0.15, 0.2) is 24.3 Å². The monoisotopic (exact) mass is 750 g/mol. The number of carbonyl (C=O) groups is 2. The van der Waals surface area contributed by atoms with Crippen molar-refractivity contribution in [2.24, 2.45) is 23.2 Å². The van der Waals surface area contributed by atoms with Crippen LogP contribution in [0.4, 0.5) is 0 Å². The molecule has 3 N–H and O–H groups in total. The lowest BCUT2D eigenvalue weighted by molar-refractivity contribution is -0.145. The van der Waals surface area contributed by atoms with Gasteiger partial charge in [-0.1, -0.05) is 154 Å². The summed E-state index contributed by atoms with van der Waals surface area (Å²) in [4.78, 5) is 26.5. The van der Waals surface area contributed by atoms with Crippen molar-refractivity contribution in [2.45, 2.75) is 211 Å². The minimum Gasteiger partial charge on any atom is -0.481 e. The number of carboxylic acid groups (broad SMARTS) is 1. The van der Waals surface area contributed by atoms with Crippen molar-refractivity contribution in [3.63, 3.8) is 0 Å². The number of halogens is 1. The Bertz CT molecular complexity index is 991. The van der Waals surface area contributed by atoms with E-state index in [1.165, 1.54) is 109 Å². The highest BCUT2D eigenvalue weighted by Crippen LogP contribution is 2.48. The van der Waals surface area contributed by atoms with Gasteiger partial charge >= 0.3 is 5.97 Å². The van der Waals surface area contributed by atoms with E-state index in [1.54, 1.807) is 11.9 Å². The van der Waals surface area contributed by atoms with E-state index in [0.717, 1.165) is 32.1 Å². The number of aliphatic carboxylic acids is 1. The van der Waals surface area contributed by atoms with Gasteiger partial charge in [0.1, 0.15) is 0 Å². The summed E-state index contributed by atoms with van der Waals surface area (Å²) in [5.74, 6) is -1.66. The SMILES string of the molecule is CCCCCCCCCCCCCCCCCCCCN(C)C(=O)CC(CC/C=C\C[C@@H]1[C@@H](/C=C/C[C@H](O)C2(CC)CCC2)[C@H](O)C[C@H]1Cl)C(=O)O. The number of rotatable bonds is 32. The molecule has 2 aliphatic carbocycles. The van der Waals surface area contributed by atoms with E-state index in [4.69, 9.17) is 11.6 Å². The lowest BCUT2D eigenvalue weighted by atomic mass is 9.63. The van der Waals surface area contributed by atoms with Crippen LogP contribution in [0.2, 0.25) is 0 Å². The molecule has 302 valence electrons. The molecule has 0 aliphatic heterocycles. The van der Waals surface area contributed by atoms with Crippen molar-refractivity contribution in [2.75, 3.05) is 13.6 Å². The van der Waals surface area contributed by atoms with Crippen LogP contribution in [-0.2, 0) is 9.59 Å². The number of unbranched alkanes of at least 4 members (excludes halogenated alkanes) is 17. The fourth-order valence-electron chi connectivity index (χ4n) is 8.56. The standard InChI is InChI=1S/C45H80ClNO5/c1-4-6-7-8-9-10-11-12-13-14-15-16-17-18-19-20-21-25-34-47(3)43(50)35-37(44(51)52)28-23-22-24-29-38-39(41(48)36-40(38)46)30-26-31-42(49)45(5-2)32-27-33-45/h22,24,26,30,37-42,48-49H,4-21,23,25,27-29,31-36H2,1-3H3,(H,51,52)/b24-22-,30-26+/t37?,38-,39-,40-,41-,42+/m1/s1. The van der Waals surface area contributed by atoms with Gasteiger partial charge in [-0.3, -0.25) is 9.59 Å². The molecular formula is C45H80ClNO5. The second kappa shape index (κ2) is 28.1. The van der Waals surface area contributed by atoms with Gasteiger partial charge in [0.25, 0.3) is 0 Å². The molecule has 0 aromatic carbocycles. The molecule has 1 amide bonds. The molecule has 0 spiro atoms. The summed E-state index contributed by atoms with van der Waals surface area (Å²) in [6.45, 7) is 5.12. The molecule has 2 rings (SSSR count). The summed E-state index contributed by atoms with van der Waals surface area (Å²) in [6.07, 6.45) is 38.6. The zero-order valence-electron chi connectivity index (χ0n) is 33.8. The normalized spacial score (nSPS) is 22.6. The number of hydrogen-bond acceptors (Lipinski definition) is 4. The molecule has 6 atom stereocenters. The third-order valence-corrected chi connectivity index (χ3v) is 13.1. The summed E-state index contributed by atoms with van der Waals surface area (Å²) in [7, 11) is 1.80. The van der Waals surface area contributed by atoms with Crippen LogP contribution in [0.3, 0.4) is 0 Å². The third-order valence-electron chi connectivity index (χ3n) is 12.6. The zero-order chi connectivity index (χ0) is 38.0. The lowest BCUT2D eigenvalue weighted by Gasteiger charge is -2.45. The number of amides is 1. The number of alkyl halides is 1. The summed E-state index contributed by atoms with van der Waals surface area (Å²) in [6, 6.07) is 0. The molecule has 0 aromatic heterocycles. The Morgan fingerprint density at radius 2 is 1.37 bits per heavy atom. The minimum atomic E-state index is -0.915. The Morgan fingerprint density at radius 3 is 1.85 bits per heavy atom. The van der Waals surface area contributed by atoms with Gasteiger partial charge in [-0.25, -0.2) is 0 Å². The Hall–Kier alpha value is -1.37. The topological polar surface area (TPSA) is 98.1 Å². The molecule has 0 aromatic rings. The number of nitrogens with zero attached hydrogens (tertiary/aromatic N) is 1. The maximum absolute atomic E-state index is 12.8. The van der Waals surface area contributed by atoms with E-state index in [-0.39, 0.29) is 41.1 Å². The van der Waals surface area contributed by atoms with Crippen molar-refractivity contribution in [3.8, 4) is 0 Å². The molecule has 0 radical (unpaired) electrons. The maximum Gasteiger partial charge on any atom is 0.307 e. The number of hydrogen-bond donors (Lipinski definition) is 3. The first-order valence-electron chi connectivity index (χ1n) is 21.9. The van der Waals surface area contributed by atoms with Crippen LogP contribution in [0.1, 0.15) is 194 Å². The van der Waals surface area contributed by atoms with E-state index in [0.29, 0.717) is 38.6 Å². The smallest absolute Gasteiger partial charge is 0.307 e. The average molecular weight is 751 g/mol. The number of aliphatic hydroxyl groups is 2. The van der Waals surface area contributed by atoms with Crippen molar-refractivity contribution in [1.29, 1.82) is 0 Å². The Kier molecular flexibility index (Phi) is 25.3. The summed E-state index contributed by atoms with van der Waals surface area (Å²) >= 11 is 6.65. The molecule has 6 nitrogen and oxygen atoms in total. The summed E-state index contributed by atoms with van der Waals surface area (Å²) in [5, 5.41) is 31.1. The molecule has 2 saturated carbocycles. The fourth-order valence-corrected chi connectivity index (χ4v) is 9.01. The number of aliphatic hydroxyl groups excluding tert-OH is 2. The van der Waals surface area contributed by atoms with Gasteiger partial charge in [0.15, 0.2) is 0 Å². The highest BCUT2D eigenvalue weighted by Gasteiger charge is 2.42. The van der Waals surface area contributed by atoms with Crippen molar-refractivity contribution in [1.82, 2.24) is 4.90 Å². The van der Waals surface area contributed by atoms with E-state index in [9.17, 15) is 24.9 Å². The van der Waals surface area contributed by atoms with E-state index >= 15 is 0 Å². The van der Waals surface area contributed by atoms with E-state index in [1.807, 2.05) is 12.2 Å². The molecular weight excluding hydrogens is 670 g/mol. The second-order valence-corrected chi connectivity index (χ2v) is 17.2.